The number of nitrogens with one attached hydrogen (secondary N) is 1. The average molecular weight is 417 g/mol. The molecule has 0 saturated carbocycles. The SMILES string of the molecule is CCCCN(C)c1ccc(-c2ccnc(Nc3cccc(OC)c3)n2)c2c1C(=O)CC2. The number of carbonyl (C=O) groups is 1. The highest BCUT2D eigenvalue weighted by Gasteiger charge is 2.28. The predicted octanol–water partition coefficient (Wildman–Crippen LogP) is 5.26. The second-order valence-electron chi connectivity index (χ2n) is 7.81. The third kappa shape index (κ3) is 4.38. The zero-order valence-electron chi connectivity index (χ0n) is 18.3. The van der Waals surface area contributed by atoms with Crippen LogP contribution in [-0.4, -0.2) is 36.5 Å². The lowest BCUT2D eigenvalue weighted by Gasteiger charge is -2.23. The molecule has 4 rings (SSSR count). The second-order valence-corrected chi connectivity index (χ2v) is 7.81. The number of methoxy groups -OCH3 is 1. The number of unbranched alkanes of at least 4 members (excludes halogenated alkanes) is 1. The summed E-state index contributed by atoms with van der Waals surface area (Å²) in [7, 11) is 3.71. The van der Waals surface area contributed by atoms with E-state index in [1.165, 1.54) is 0 Å². The molecule has 1 aliphatic carbocycles. The van der Waals surface area contributed by atoms with Crippen LogP contribution in [0.3, 0.4) is 0 Å². The van der Waals surface area contributed by atoms with Gasteiger partial charge in [0.1, 0.15) is 5.75 Å². The highest BCUT2D eigenvalue weighted by molar-refractivity contribution is 6.07. The molecular formula is C25H28N4O2. The number of ketones is 1. The molecule has 1 aromatic heterocycles. The van der Waals surface area contributed by atoms with Crippen molar-refractivity contribution in [2.24, 2.45) is 0 Å². The molecule has 0 unspecified atom stereocenters. The predicted molar refractivity (Wildman–Crippen MR) is 125 cm³/mol. The Balaban J connectivity index is 1.67. The molecule has 0 radical (unpaired) electrons. The van der Waals surface area contributed by atoms with Crippen molar-refractivity contribution in [1.29, 1.82) is 0 Å². The molecule has 6 heteroatoms. The number of hydrogen-bond donors (Lipinski definition) is 1. The second kappa shape index (κ2) is 9.16. The van der Waals surface area contributed by atoms with Gasteiger partial charge >= 0.3 is 0 Å². The van der Waals surface area contributed by atoms with Crippen molar-refractivity contribution in [3.63, 3.8) is 0 Å². The molecule has 160 valence electrons. The summed E-state index contributed by atoms with van der Waals surface area (Å²) >= 11 is 0. The van der Waals surface area contributed by atoms with Crippen molar-refractivity contribution in [3.8, 4) is 17.0 Å². The number of benzene rings is 2. The van der Waals surface area contributed by atoms with Crippen LogP contribution in [-0.2, 0) is 6.42 Å². The fourth-order valence-electron chi connectivity index (χ4n) is 4.04. The summed E-state index contributed by atoms with van der Waals surface area (Å²) in [5.41, 5.74) is 5.65. The smallest absolute Gasteiger partial charge is 0.227 e. The van der Waals surface area contributed by atoms with E-state index in [1.807, 2.05) is 30.3 Å². The summed E-state index contributed by atoms with van der Waals surface area (Å²) in [5, 5.41) is 3.24. The Labute approximate surface area is 183 Å². The largest absolute Gasteiger partial charge is 0.497 e. The Bertz CT molecular complexity index is 1100. The third-order valence-corrected chi connectivity index (χ3v) is 5.69. The van der Waals surface area contributed by atoms with Gasteiger partial charge in [-0.25, -0.2) is 9.97 Å². The van der Waals surface area contributed by atoms with E-state index in [-0.39, 0.29) is 5.78 Å². The maximum Gasteiger partial charge on any atom is 0.227 e. The molecule has 31 heavy (non-hydrogen) atoms. The van der Waals surface area contributed by atoms with Gasteiger partial charge in [0.2, 0.25) is 5.95 Å². The minimum atomic E-state index is 0.221. The van der Waals surface area contributed by atoms with Gasteiger partial charge in [-0.05, 0) is 42.7 Å². The summed E-state index contributed by atoms with van der Waals surface area (Å²) in [5.74, 6) is 1.49. The van der Waals surface area contributed by atoms with E-state index < -0.39 is 0 Å². The number of aromatic nitrogens is 2. The van der Waals surface area contributed by atoms with Gasteiger partial charge < -0.3 is 15.0 Å². The van der Waals surface area contributed by atoms with E-state index in [9.17, 15) is 4.79 Å². The average Bonchev–Trinajstić information content (AvgIpc) is 3.19. The molecule has 0 fully saturated rings. The van der Waals surface area contributed by atoms with Crippen LogP contribution in [0, 0.1) is 0 Å². The number of hydrogen-bond acceptors (Lipinski definition) is 6. The molecular weight excluding hydrogens is 388 g/mol. The maximum absolute atomic E-state index is 12.7. The molecule has 0 saturated heterocycles. The number of Topliss-reactive ketones (excluding diaryl/α,β-unsaturated/α-hetero) is 1. The molecule has 1 N–H and O–H groups in total. The zero-order valence-corrected chi connectivity index (χ0v) is 18.3. The topological polar surface area (TPSA) is 67.3 Å². The lowest BCUT2D eigenvalue weighted by atomic mass is 9.98. The van der Waals surface area contributed by atoms with Gasteiger partial charge in [0.15, 0.2) is 5.78 Å². The van der Waals surface area contributed by atoms with Crippen molar-refractivity contribution >= 4 is 23.1 Å². The Kier molecular flexibility index (Phi) is 6.16. The number of fused-ring (bicyclic) bond motifs is 1. The molecule has 1 aliphatic rings. The Morgan fingerprint density at radius 2 is 2.03 bits per heavy atom. The van der Waals surface area contributed by atoms with Crippen molar-refractivity contribution in [2.75, 3.05) is 30.9 Å². The first-order valence-electron chi connectivity index (χ1n) is 10.8. The summed E-state index contributed by atoms with van der Waals surface area (Å²) in [6, 6.07) is 13.7. The highest BCUT2D eigenvalue weighted by atomic mass is 16.5. The molecule has 3 aromatic rings. The summed E-state index contributed by atoms with van der Waals surface area (Å²) in [6.07, 6.45) is 5.28. The van der Waals surface area contributed by atoms with E-state index >= 15 is 0 Å². The van der Waals surface area contributed by atoms with Gasteiger partial charge in [-0.2, -0.15) is 0 Å². The molecule has 0 bridgehead atoms. The number of rotatable bonds is 8. The van der Waals surface area contributed by atoms with Crippen LogP contribution in [0.5, 0.6) is 5.75 Å². The molecule has 0 atom stereocenters. The van der Waals surface area contributed by atoms with Gasteiger partial charge in [-0.3, -0.25) is 4.79 Å². The molecule has 0 spiro atoms. The van der Waals surface area contributed by atoms with Gasteiger partial charge in [-0.15, -0.1) is 0 Å². The van der Waals surface area contributed by atoms with E-state index in [0.29, 0.717) is 12.4 Å². The van der Waals surface area contributed by atoms with Crippen LogP contribution in [0.1, 0.15) is 42.1 Å². The molecule has 0 amide bonds. The van der Waals surface area contributed by atoms with Crippen molar-refractivity contribution in [1.82, 2.24) is 9.97 Å². The minimum Gasteiger partial charge on any atom is -0.497 e. The number of anilines is 3. The lowest BCUT2D eigenvalue weighted by Crippen LogP contribution is -2.20. The molecule has 1 heterocycles. The van der Waals surface area contributed by atoms with E-state index in [4.69, 9.17) is 9.72 Å². The van der Waals surface area contributed by atoms with E-state index in [2.05, 4.69) is 41.3 Å². The van der Waals surface area contributed by atoms with Crippen molar-refractivity contribution < 1.29 is 9.53 Å². The number of carbonyl (C=O) groups excluding carboxylic acids is 1. The van der Waals surface area contributed by atoms with Crippen LogP contribution >= 0.6 is 0 Å². The molecule has 0 aliphatic heterocycles. The van der Waals surface area contributed by atoms with Gasteiger partial charge in [0.25, 0.3) is 0 Å². The summed E-state index contributed by atoms with van der Waals surface area (Å²) in [6.45, 7) is 3.12. The van der Waals surface area contributed by atoms with Crippen molar-refractivity contribution in [3.05, 3.63) is 59.8 Å². The van der Waals surface area contributed by atoms with Crippen LogP contribution in [0.25, 0.3) is 11.3 Å². The quantitative estimate of drug-likeness (QED) is 0.540. The number of ether oxygens (including phenoxy) is 1. The van der Waals surface area contributed by atoms with Gasteiger partial charge in [0.05, 0.1) is 12.8 Å². The first kappa shape index (κ1) is 20.8. The number of nitrogens with zero attached hydrogens (tertiary/aromatic N) is 3. The molecule has 2 aromatic carbocycles. The monoisotopic (exact) mass is 416 g/mol. The van der Waals surface area contributed by atoms with Gasteiger partial charge in [0, 0.05) is 54.8 Å². The fourth-order valence-corrected chi connectivity index (χ4v) is 4.04. The Hall–Kier alpha value is -3.41. The normalized spacial score (nSPS) is 12.5. The zero-order chi connectivity index (χ0) is 21.8. The summed E-state index contributed by atoms with van der Waals surface area (Å²) < 4.78 is 5.28. The van der Waals surface area contributed by atoms with Crippen LogP contribution < -0.4 is 15.0 Å². The van der Waals surface area contributed by atoms with Crippen LogP contribution in [0.4, 0.5) is 17.3 Å². The van der Waals surface area contributed by atoms with Gasteiger partial charge in [-0.1, -0.05) is 25.5 Å². The first-order chi connectivity index (χ1) is 15.1. The fraction of sp³-hybridized carbons (Fsp3) is 0.320. The summed E-state index contributed by atoms with van der Waals surface area (Å²) in [4.78, 5) is 24.0. The standard InChI is InChI=1S/C25H28N4O2/c1-4-5-15-29(2)22-11-9-19(20-10-12-23(30)24(20)22)21-13-14-26-25(28-21)27-17-7-6-8-18(16-17)31-3/h6-9,11,13-14,16H,4-5,10,12,15H2,1-3H3,(H,26,27,28). The lowest BCUT2D eigenvalue weighted by molar-refractivity contribution is 0.0995. The molecule has 6 nitrogen and oxygen atoms in total. The van der Waals surface area contributed by atoms with Crippen molar-refractivity contribution in [2.45, 2.75) is 32.6 Å². The maximum atomic E-state index is 12.7. The van der Waals surface area contributed by atoms with E-state index in [1.54, 1.807) is 13.3 Å². The third-order valence-electron chi connectivity index (χ3n) is 5.69. The Morgan fingerprint density at radius 3 is 2.84 bits per heavy atom. The van der Waals surface area contributed by atoms with Crippen LogP contribution in [0.2, 0.25) is 0 Å². The van der Waals surface area contributed by atoms with E-state index in [0.717, 1.165) is 65.3 Å². The Morgan fingerprint density at radius 1 is 1.16 bits per heavy atom. The minimum absolute atomic E-state index is 0.221. The first-order valence-corrected chi connectivity index (χ1v) is 10.8. The van der Waals surface area contributed by atoms with Crippen LogP contribution in [0.15, 0.2) is 48.7 Å². The highest BCUT2D eigenvalue weighted by Crippen LogP contribution is 2.38.